The number of aromatic amines is 1. The van der Waals surface area contributed by atoms with E-state index in [1.165, 1.54) is 4.57 Å². The summed E-state index contributed by atoms with van der Waals surface area (Å²) in [6.45, 7) is 3.12. The van der Waals surface area contributed by atoms with E-state index in [1.807, 2.05) is 21.6 Å². The number of carbonyl (C=O) groups is 1. The fraction of sp³-hybridized carbons (Fsp3) is 0.368. The Bertz CT molecular complexity index is 1200. The molecule has 1 saturated heterocycles. The van der Waals surface area contributed by atoms with E-state index in [0.29, 0.717) is 54.9 Å². The lowest BCUT2D eigenvalue weighted by Crippen LogP contribution is -2.49. The van der Waals surface area contributed by atoms with E-state index in [1.54, 1.807) is 19.2 Å². The summed E-state index contributed by atoms with van der Waals surface area (Å²) in [4.78, 5) is 47.0. The Kier molecular flexibility index (Phi) is 5.35. The van der Waals surface area contributed by atoms with Crippen molar-refractivity contribution in [2.45, 2.75) is 6.54 Å². The number of anilines is 1. The molecule has 1 fully saturated rings. The van der Waals surface area contributed by atoms with Gasteiger partial charge in [-0.05, 0) is 17.7 Å². The molecule has 11 heteroatoms. The summed E-state index contributed by atoms with van der Waals surface area (Å²) in [6, 6.07) is 7.36. The predicted molar refractivity (Wildman–Crippen MR) is 114 cm³/mol. The molecule has 0 aliphatic carbocycles. The van der Waals surface area contributed by atoms with Crippen molar-refractivity contribution < 1.29 is 4.79 Å². The molecule has 1 aliphatic heterocycles. The molecule has 4 rings (SSSR count). The van der Waals surface area contributed by atoms with Crippen molar-refractivity contribution in [2.24, 2.45) is 12.8 Å². The predicted octanol–water partition coefficient (Wildman–Crippen LogP) is -0.268. The Morgan fingerprint density at radius 3 is 2.47 bits per heavy atom. The van der Waals surface area contributed by atoms with Crippen LogP contribution in [0.5, 0.6) is 0 Å². The average molecular weight is 432 g/mol. The molecule has 1 aromatic carbocycles. The third-order valence-electron chi connectivity index (χ3n) is 5.28. The Labute approximate surface area is 176 Å². The van der Waals surface area contributed by atoms with Gasteiger partial charge in [0.1, 0.15) is 0 Å². The summed E-state index contributed by atoms with van der Waals surface area (Å²) in [7, 11) is 1.58. The minimum absolute atomic E-state index is 0.212. The molecule has 0 atom stereocenters. The summed E-state index contributed by atoms with van der Waals surface area (Å²) >= 11 is 6.00. The number of halogens is 1. The molecule has 10 nitrogen and oxygen atoms in total. The van der Waals surface area contributed by atoms with Crippen LogP contribution < -0.4 is 21.9 Å². The van der Waals surface area contributed by atoms with Gasteiger partial charge in [0.05, 0.1) is 13.1 Å². The Hall–Kier alpha value is -3.11. The van der Waals surface area contributed by atoms with Crippen molar-refractivity contribution in [1.82, 2.24) is 24.0 Å². The van der Waals surface area contributed by atoms with E-state index in [9.17, 15) is 14.4 Å². The molecule has 1 amide bonds. The van der Waals surface area contributed by atoms with Crippen LogP contribution >= 0.6 is 11.6 Å². The molecule has 0 bridgehead atoms. The molecular formula is C19H22ClN7O3. The van der Waals surface area contributed by atoms with Crippen molar-refractivity contribution in [2.75, 3.05) is 37.6 Å². The highest BCUT2D eigenvalue weighted by molar-refractivity contribution is 6.30. The van der Waals surface area contributed by atoms with E-state index >= 15 is 0 Å². The van der Waals surface area contributed by atoms with Gasteiger partial charge in [-0.2, -0.15) is 4.98 Å². The van der Waals surface area contributed by atoms with Gasteiger partial charge in [0, 0.05) is 38.2 Å². The number of aromatic nitrogens is 4. The minimum atomic E-state index is -0.513. The van der Waals surface area contributed by atoms with Gasteiger partial charge in [0.2, 0.25) is 11.9 Å². The van der Waals surface area contributed by atoms with Crippen LogP contribution in [-0.2, 0) is 18.4 Å². The first-order valence-corrected chi connectivity index (χ1v) is 9.91. The number of imidazole rings is 1. The number of nitrogens with two attached hydrogens (primary N) is 1. The van der Waals surface area contributed by atoms with Gasteiger partial charge in [0.15, 0.2) is 11.2 Å². The molecule has 0 unspecified atom stereocenters. The number of nitrogens with zero attached hydrogens (tertiary/aromatic N) is 5. The zero-order chi connectivity index (χ0) is 21.4. The molecule has 0 spiro atoms. The van der Waals surface area contributed by atoms with Crippen molar-refractivity contribution >= 4 is 34.6 Å². The number of aryl methyl sites for hydroxylation is 1. The van der Waals surface area contributed by atoms with Crippen molar-refractivity contribution in [3.05, 3.63) is 55.7 Å². The highest BCUT2D eigenvalue weighted by Gasteiger charge is 2.25. The number of amides is 1. The van der Waals surface area contributed by atoms with Crippen LogP contribution in [0.3, 0.4) is 0 Å². The molecule has 30 heavy (non-hydrogen) atoms. The topological polar surface area (TPSA) is 122 Å². The number of primary amides is 1. The first kappa shape index (κ1) is 20.2. The number of benzene rings is 1. The number of H-pyrrole nitrogens is 1. The molecule has 0 radical (unpaired) electrons. The first-order valence-electron chi connectivity index (χ1n) is 9.53. The number of nitrogens with one attached hydrogen (secondary N) is 1. The zero-order valence-corrected chi connectivity index (χ0v) is 17.2. The van der Waals surface area contributed by atoms with Crippen LogP contribution in [0, 0.1) is 0 Å². The average Bonchev–Trinajstić information content (AvgIpc) is 3.08. The highest BCUT2D eigenvalue weighted by Crippen LogP contribution is 2.23. The first-order chi connectivity index (χ1) is 14.3. The SMILES string of the molecule is Cn1c(=O)[nH]c(=O)c2c1nc(N1CCN(CC(N)=O)CC1)n2Cc1ccc(Cl)cc1. The second-order valence-corrected chi connectivity index (χ2v) is 7.78. The van der Waals surface area contributed by atoms with E-state index in [4.69, 9.17) is 17.3 Å². The molecule has 3 heterocycles. The molecule has 1 aliphatic rings. The smallest absolute Gasteiger partial charge is 0.329 e. The minimum Gasteiger partial charge on any atom is -0.369 e. The molecule has 158 valence electrons. The van der Waals surface area contributed by atoms with Gasteiger partial charge in [-0.25, -0.2) is 4.79 Å². The maximum Gasteiger partial charge on any atom is 0.329 e. The fourth-order valence-corrected chi connectivity index (χ4v) is 3.84. The van der Waals surface area contributed by atoms with Gasteiger partial charge in [-0.1, -0.05) is 23.7 Å². The molecule has 0 saturated carbocycles. The van der Waals surface area contributed by atoms with Crippen molar-refractivity contribution in [3.8, 4) is 0 Å². The number of rotatable bonds is 5. The Balaban J connectivity index is 1.76. The number of hydrogen-bond acceptors (Lipinski definition) is 6. The van der Waals surface area contributed by atoms with Gasteiger partial charge in [0.25, 0.3) is 5.56 Å². The van der Waals surface area contributed by atoms with Crippen LogP contribution in [0.2, 0.25) is 5.02 Å². The zero-order valence-electron chi connectivity index (χ0n) is 16.5. The van der Waals surface area contributed by atoms with Crippen molar-refractivity contribution in [1.29, 1.82) is 0 Å². The van der Waals surface area contributed by atoms with Crippen LogP contribution in [0.1, 0.15) is 5.56 Å². The molecular weight excluding hydrogens is 410 g/mol. The second-order valence-electron chi connectivity index (χ2n) is 7.34. The normalized spacial score (nSPS) is 15.1. The van der Waals surface area contributed by atoms with Crippen LogP contribution in [0.15, 0.2) is 33.9 Å². The summed E-state index contributed by atoms with van der Waals surface area (Å²) in [5.74, 6) is 0.241. The maximum atomic E-state index is 12.7. The molecule has 3 aromatic rings. The quantitative estimate of drug-likeness (QED) is 0.573. The number of piperazine rings is 1. The van der Waals surface area contributed by atoms with E-state index in [2.05, 4.69) is 14.9 Å². The van der Waals surface area contributed by atoms with Crippen molar-refractivity contribution in [3.63, 3.8) is 0 Å². The highest BCUT2D eigenvalue weighted by atomic mass is 35.5. The third-order valence-corrected chi connectivity index (χ3v) is 5.53. The van der Waals surface area contributed by atoms with Crippen LogP contribution in [0.25, 0.3) is 11.2 Å². The van der Waals surface area contributed by atoms with Gasteiger partial charge in [-0.3, -0.25) is 28.6 Å². The Morgan fingerprint density at radius 1 is 1.17 bits per heavy atom. The summed E-state index contributed by atoms with van der Waals surface area (Å²) in [5.41, 5.74) is 5.91. The third kappa shape index (κ3) is 3.83. The molecule has 3 N–H and O–H groups in total. The summed E-state index contributed by atoms with van der Waals surface area (Å²) in [5, 5.41) is 0.625. The number of hydrogen-bond donors (Lipinski definition) is 2. The maximum absolute atomic E-state index is 12.7. The molecule has 2 aromatic heterocycles. The van der Waals surface area contributed by atoms with E-state index < -0.39 is 11.2 Å². The van der Waals surface area contributed by atoms with Gasteiger partial charge >= 0.3 is 5.69 Å². The van der Waals surface area contributed by atoms with E-state index in [0.717, 1.165) is 5.56 Å². The largest absolute Gasteiger partial charge is 0.369 e. The Morgan fingerprint density at radius 2 is 1.83 bits per heavy atom. The van der Waals surface area contributed by atoms with Crippen LogP contribution in [0.4, 0.5) is 5.95 Å². The summed E-state index contributed by atoms with van der Waals surface area (Å²) in [6.07, 6.45) is 0. The van der Waals surface area contributed by atoms with Crippen LogP contribution in [-0.4, -0.2) is 62.6 Å². The lowest BCUT2D eigenvalue weighted by molar-refractivity contribution is -0.119. The lowest BCUT2D eigenvalue weighted by Gasteiger charge is -2.34. The second kappa shape index (κ2) is 7.96. The fourth-order valence-electron chi connectivity index (χ4n) is 3.71. The van der Waals surface area contributed by atoms with E-state index in [-0.39, 0.29) is 12.5 Å². The van der Waals surface area contributed by atoms with Gasteiger partial charge in [-0.15, -0.1) is 0 Å². The lowest BCUT2D eigenvalue weighted by atomic mass is 10.2. The monoisotopic (exact) mass is 431 g/mol. The number of carbonyl (C=O) groups excluding carboxylic acids is 1. The summed E-state index contributed by atoms with van der Waals surface area (Å²) < 4.78 is 3.16. The number of fused-ring (bicyclic) bond motifs is 1. The van der Waals surface area contributed by atoms with Gasteiger partial charge < -0.3 is 10.6 Å². The standard InChI is InChI=1S/C19H22ClN7O3/c1-24-16-15(17(29)23-19(24)30)27(10-12-2-4-13(20)5-3-12)18(22-16)26-8-6-25(7-9-26)11-14(21)28/h2-5H,6-11H2,1H3,(H2,21,28)(H,23,29,30).